The second-order valence-corrected chi connectivity index (χ2v) is 5.73. The van der Waals surface area contributed by atoms with Gasteiger partial charge < -0.3 is 10.1 Å². The number of hydrogen-bond donors (Lipinski definition) is 1. The zero-order valence-electron chi connectivity index (χ0n) is 12.2. The molecule has 2 nitrogen and oxygen atoms in total. The first-order valence-corrected chi connectivity index (χ1v) is 7.67. The van der Waals surface area contributed by atoms with Gasteiger partial charge in [-0.05, 0) is 49.2 Å². The first-order valence-electron chi connectivity index (χ1n) is 6.92. The minimum absolute atomic E-state index is 0.217. The van der Waals surface area contributed by atoms with Crippen molar-refractivity contribution in [2.24, 2.45) is 0 Å². The minimum Gasteiger partial charge on any atom is -0.496 e. The Morgan fingerprint density at radius 2 is 1.86 bits per heavy atom. The summed E-state index contributed by atoms with van der Waals surface area (Å²) in [7, 11) is 1.70. The van der Waals surface area contributed by atoms with E-state index >= 15 is 0 Å². The molecular formula is C17H19Cl2NO. The Morgan fingerprint density at radius 1 is 1.10 bits per heavy atom. The van der Waals surface area contributed by atoms with Gasteiger partial charge in [0.15, 0.2) is 0 Å². The normalized spacial score (nSPS) is 12.2. The van der Waals surface area contributed by atoms with Crippen LogP contribution < -0.4 is 10.1 Å². The van der Waals surface area contributed by atoms with Gasteiger partial charge in [0, 0.05) is 6.04 Å². The van der Waals surface area contributed by atoms with E-state index < -0.39 is 0 Å². The average molecular weight is 324 g/mol. The van der Waals surface area contributed by atoms with E-state index in [1.807, 2.05) is 36.4 Å². The molecule has 1 atom stereocenters. The van der Waals surface area contributed by atoms with Gasteiger partial charge in [0.1, 0.15) is 5.75 Å². The van der Waals surface area contributed by atoms with Gasteiger partial charge in [0.25, 0.3) is 0 Å². The molecule has 0 heterocycles. The predicted octanol–water partition coefficient (Wildman–Crippen LogP) is 4.90. The van der Waals surface area contributed by atoms with Crippen LogP contribution in [-0.4, -0.2) is 13.7 Å². The SMILES string of the molecule is COc1ccccc1CCNC(C)c1ccc(Cl)c(Cl)c1. The van der Waals surface area contributed by atoms with Gasteiger partial charge in [-0.15, -0.1) is 0 Å². The lowest BCUT2D eigenvalue weighted by molar-refractivity contribution is 0.408. The summed E-state index contributed by atoms with van der Waals surface area (Å²) in [4.78, 5) is 0. The molecule has 112 valence electrons. The number of rotatable bonds is 6. The Hall–Kier alpha value is -1.22. The highest BCUT2D eigenvalue weighted by Crippen LogP contribution is 2.25. The molecule has 0 aliphatic heterocycles. The highest BCUT2D eigenvalue weighted by atomic mass is 35.5. The Balaban J connectivity index is 1.92. The summed E-state index contributed by atoms with van der Waals surface area (Å²) in [5.41, 5.74) is 2.33. The van der Waals surface area contributed by atoms with Gasteiger partial charge in [-0.25, -0.2) is 0 Å². The van der Waals surface area contributed by atoms with Crippen molar-refractivity contribution in [2.45, 2.75) is 19.4 Å². The van der Waals surface area contributed by atoms with Crippen LogP contribution in [0.4, 0.5) is 0 Å². The monoisotopic (exact) mass is 323 g/mol. The Bertz CT molecular complexity index is 601. The van der Waals surface area contributed by atoms with Crippen LogP contribution >= 0.6 is 23.2 Å². The second kappa shape index (κ2) is 7.69. The standard InChI is InChI=1S/C17H19Cl2NO/c1-12(14-7-8-15(18)16(19)11-14)20-10-9-13-5-3-4-6-17(13)21-2/h3-8,11-12,20H,9-10H2,1-2H3. The van der Waals surface area contributed by atoms with Crippen LogP contribution in [0.1, 0.15) is 24.1 Å². The summed E-state index contributed by atoms with van der Waals surface area (Å²) in [5.74, 6) is 0.932. The largest absolute Gasteiger partial charge is 0.496 e. The van der Waals surface area contributed by atoms with Gasteiger partial charge >= 0.3 is 0 Å². The van der Waals surface area contributed by atoms with E-state index in [0.29, 0.717) is 10.0 Å². The molecule has 21 heavy (non-hydrogen) atoms. The van der Waals surface area contributed by atoms with Crippen molar-refractivity contribution >= 4 is 23.2 Å². The van der Waals surface area contributed by atoms with Gasteiger partial charge in [-0.1, -0.05) is 47.5 Å². The van der Waals surface area contributed by atoms with Crippen molar-refractivity contribution in [3.63, 3.8) is 0 Å². The van der Waals surface area contributed by atoms with Crippen molar-refractivity contribution in [2.75, 3.05) is 13.7 Å². The number of hydrogen-bond acceptors (Lipinski definition) is 2. The number of halogens is 2. The van der Waals surface area contributed by atoms with E-state index in [1.54, 1.807) is 7.11 Å². The van der Waals surface area contributed by atoms with Gasteiger partial charge in [-0.2, -0.15) is 0 Å². The Morgan fingerprint density at radius 3 is 2.57 bits per heavy atom. The van der Waals surface area contributed by atoms with Gasteiger partial charge in [0.2, 0.25) is 0 Å². The fourth-order valence-electron chi connectivity index (χ4n) is 2.23. The molecule has 2 rings (SSSR count). The molecule has 0 saturated carbocycles. The minimum atomic E-state index is 0.217. The van der Waals surface area contributed by atoms with Crippen molar-refractivity contribution < 1.29 is 4.74 Å². The second-order valence-electron chi connectivity index (χ2n) is 4.91. The number of ether oxygens (including phenoxy) is 1. The molecular weight excluding hydrogens is 305 g/mol. The summed E-state index contributed by atoms with van der Waals surface area (Å²) in [6, 6.07) is 14.0. The molecule has 0 saturated heterocycles. The molecule has 0 spiro atoms. The lowest BCUT2D eigenvalue weighted by atomic mass is 10.1. The molecule has 1 N–H and O–H groups in total. The predicted molar refractivity (Wildman–Crippen MR) is 89.6 cm³/mol. The Labute approximate surface area is 136 Å². The third-order valence-electron chi connectivity index (χ3n) is 3.48. The summed E-state index contributed by atoms with van der Waals surface area (Å²) in [5, 5.41) is 4.66. The molecule has 2 aromatic rings. The lowest BCUT2D eigenvalue weighted by Crippen LogP contribution is -2.21. The molecule has 0 fully saturated rings. The van der Waals surface area contributed by atoms with E-state index in [9.17, 15) is 0 Å². The van der Waals surface area contributed by atoms with Crippen LogP contribution in [0.2, 0.25) is 10.0 Å². The van der Waals surface area contributed by atoms with Crippen molar-refractivity contribution in [3.8, 4) is 5.75 Å². The van der Waals surface area contributed by atoms with Crippen LogP contribution in [0, 0.1) is 0 Å². The van der Waals surface area contributed by atoms with Crippen molar-refractivity contribution in [3.05, 3.63) is 63.6 Å². The van der Waals surface area contributed by atoms with E-state index in [1.165, 1.54) is 5.56 Å². The number of methoxy groups -OCH3 is 1. The molecule has 0 amide bonds. The zero-order chi connectivity index (χ0) is 15.2. The smallest absolute Gasteiger partial charge is 0.122 e. The van der Waals surface area contributed by atoms with E-state index in [-0.39, 0.29) is 6.04 Å². The summed E-state index contributed by atoms with van der Waals surface area (Å²) < 4.78 is 5.36. The summed E-state index contributed by atoms with van der Waals surface area (Å²) in [6.07, 6.45) is 0.912. The lowest BCUT2D eigenvalue weighted by Gasteiger charge is -2.15. The van der Waals surface area contributed by atoms with Crippen LogP contribution in [-0.2, 0) is 6.42 Å². The molecule has 0 bridgehead atoms. The van der Waals surface area contributed by atoms with Crippen LogP contribution in [0.3, 0.4) is 0 Å². The fraction of sp³-hybridized carbons (Fsp3) is 0.294. The summed E-state index contributed by atoms with van der Waals surface area (Å²) >= 11 is 12.0. The first kappa shape index (κ1) is 16.2. The molecule has 2 aromatic carbocycles. The molecule has 4 heteroatoms. The van der Waals surface area contributed by atoms with Gasteiger partial charge in [-0.3, -0.25) is 0 Å². The third-order valence-corrected chi connectivity index (χ3v) is 4.22. The topological polar surface area (TPSA) is 21.3 Å². The maximum absolute atomic E-state index is 6.05. The average Bonchev–Trinajstić information content (AvgIpc) is 2.50. The fourth-order valence-corrected chi connectivity index (χ4v) is 2.54. The van der Waals surface area contributed by atoms with Crippen molar-refractivity contribution in [1.29, 1.82) is 0 Å². The van der Waals surface area contributed by atoms with Crippen LogP contribution in [0.5, 0.6) is 5.75 Å². The van der Waals surface area contributed by atoms with Crippen LogP contribution in [0.15, 0.2) is 42.5 Å². The number of benzene rings is 2. The van der Waals surface area contributed by atoms with Gasteiger partial charge in [0.05, 0.1) is 17.2 Å². The van der Waals surface area contributed by atoms with E-state index in [0.717, 1.165) is 24.3 Å². The molecule has 0 aliphatic rings. The van der Waals surface area contributed by atoms with E-state index in [4.69, 9.17) is 27.9 Å². The summed E-state index contributed by atoms with van der Waals surface area (Å²) in [6.45, 7) is 2.98. The van der Waals surface area contributed by atoms with Crippen molar-refractivity contribution in [1.82, 2.24) is 5.32 Å². The number of nitrogens with one attached hydrogen (secondary N) is 1. The maximum Gasteiger partial charge on any atom is 0.122 e. The third kappa shape index (κ3) is 4.37. The Kier molecular flexibility index (Phi) is 5.92. The number of para-hydroxylation sites is 1. The zero-order valence-corrected chi connectivity index (χ0v) is 13.7. The van der Waals surface area contributed by atoms with Crippen LogP contribution in [0.25, 0.3) is 0 Å². The quantitative estimate of drug-likeness (QED) is 0.816. The molecule has 0 aromatic heterocycles. The molecule has 0 radical (unpaired) electrons. The first-order chi connectivity index (χ1) is 10.1. The maximum atomic E-state index is 6.05. The highest BCUT2D eigenvalue weighted by Gasteiger charge is 2.08. The van der Waals surface area contributed by atoms with E-state index in [2.05, 4.69) is 18.3 Å². The highest BCUT2D eigenvalue weighted by molar-refractivity contribution is 6.42. The molecule has 0 aliphatic carbocycles. The molecule has 1 unspecified atom stereocenters.